The molecule has 1 aliphatic carbocycles. The lowest BCUT2D eigenvalue weighted by Gasteiger charge is -2.37. The Morgan fingerprint density at radius 3 is 2.18 bits per heavy atom. The minimum Gasteiger partial charge on any atom is -0.490 e. The Balaban J connectivity index is 0.732. The minimum absolute atomic E-state index is 0.0993. The molecule has 3 aromatic carbocycles. The monoisotopic (exact) mass is 788 g/mol. The highest BCUT2D eigenvalue weighted by Gasteiger charge is 2.46. The van der Waals surface area contributed by atoms with Crippen LogP contribution in [0.4, 0.5) is 11.4 Å². The Morgan fingerprint density at radius 1 is 0.860 bits per heavy atom. The average Bonchev–Trinajstić information content (AvgIpc) is 3.88. The van der Waals surface area contributed by atoms with Crippen molar-refractivity contribution in [1.29, 1.82) is 0 Å². The number of piperidine rings is 2. The van der Waals surface area contributed by atoms with E-state index in [4.69, 9.17) is 22.9 Å². The largest absolute Gasteiger partial charge is 0.490 e. The second-order valence-corrected chi connectivity index (χ2v) is 17.2. The zero-order valence-corrected chi connectivity index (χ0v) is 32.6. The second-order valence-electron chi connectivity index (χ2n) is 16.8. The van der Waals surface area contributed by atoms with Crippen molar-refractivity contribution in [2.75, 3.05) is 37.6 Å². The number of rotatable bonds is 7. The first-order valence-electron chi connectivity index (χ1n) is 20.1. The molecule has 57 heavy (non-hydrogen) atoms. The molecule has 5 aliphatic heterocycles. The Morgan fingerprint density at radius 2 is 1.54 bits per heavy atom. The number of carbonyl (C=O) groups excluding carboxylic acids is 5. The van der Waals surface area contributed by atoms with Crippen molar-refractivity contribution in [3.63, 3.8) is 0 Å². The van der Waals surface area contributed by atoms with Crippen LogP contribution < -0.4 is 15.0 Å². The topological polar surface area (TPSA) is 124 Å². The maximum Gasteiger partial charge on any atom is 0.262 e. The summed E-state index contributed by atoms with van der Waals surface area (Å²) in [6.07, 6.45) is 7.37. The van der Waals surface area contributed by atoms with Gasteiger partial charge in [0.15, 0.2) is 0 Å². The molecule has 1 atom stereocenters. The quantitative estimate of drug-likeness (QED) is 0.216. The first-order valence-corrected chi connectivity index (χ1v) is 20.5. The van der Waals surface area contributed by atoms with E-state index >= 15 is 0 Å². The molecule has 1 unspecified atom stereocenters. The highest BCUT2D eigenvalue weighted by Crippen LogP contribution is 2.45. The molecule has 12 nitrogen and oxygen atoms in total. The Kier molecular flexibility index (Phi) is 9.77. The van der Waals surface area contributed by atoms with Gasteiger partial charge >= 0.3 is 0 Å². The van der Waals surface area contributed by atoms with Crippen molar-refractivity contribution in [2.24, 2.45) is 11.3 Å². The molecule has 0 aromatic heterocycles. The molecule has 5 amide bonds. The molecule has 4 fully saturated rings. The second kappa shape index (κ2) is 14.9. The number of hydrogen-bond acceptors (Lipinski definition) is 8. The highest BCUT2D eigenvalue weighted by atomic mass is 35.5. The van der Waals surface area contributed by atoms with Crippen LogP contribution in [0.15, 0.2) is 54.6 Å². The smallest absolute Gasteiger partial charge is 0.262 e. The van der Waals surface area contributed by atoms with Crippen molar-refractivity contribution in [3.8, 4) is 5.75 Å². The first-order chi connectivity index (χ1) is 27.6. The van der Waals surface area contributed by atoms with E-state index in [2.05, 4.69) is 32.1 Å². The van der Waals surface area contributed by atoms with Gasteiger partial charge in [-0.2, -0.15) is 0 Å². The molecule has 294 valence electrons. The summed E-state index contributed by atoms with van der Waals surface area (Å²) in [6, 6.07) is 16.1. The van der Waals surface area contributed by atoms with Crippen molar-refractivity contribution < 1.29 is 28.7 Å². The molecule has 13 heteroatoms. The Hall–Kier alpha value is -5.25. The van der Waals surface area contributed by atoms with E-state index < -0.39 is 23.8 Å². The number of nitrogens with zero attached hydrogens (tertiary/aromatic N) is 5. The van der Waals surface area contributed by atoms with Gasteiger partial charge in [0.2, 0.25) is 17.5 Å². The number of nitrogens with one attached hydrogen (secondary N) is 1. The number of benzene rings is 3. The van der Waals surface area contributed by atoms with Crippen LogP contribution in [0.1, 0.15) is 100.0 Å². The van der Waals surface area contributed by atoms with Crippen LogP contribution in [0, 0.1) is 17.9 Å². The zero-order valence-electron chi connectivity index (χ0n) is 31.8. The SMILES string of the molecule is [C-]#[N+]c1ccc(OC2CCC3(CC2)CCN(C(=O)c2ccc(N4CCC(CN5Cc6cc7c(cc6C5)C(=O)N(C5CCC(=O)NC5=O)C7=O)CC4)cc2)C3)cc1Cl. The zero-order chi connectivity index (χ0) is 39.4. The molecule has 0 bridgehead atoms. The van der Waals surface area contributed by atoms with Gasteiger partial charge in [0.25, 0.3) is 17.7 Å². The van der Waals surface area contributed by atoms with Gasteiger partial charge in [0, 0.05) is 63.5 Å². The molecular formula is C44H45ClN6O6. The number of carbonyl (C=O) groups is 5. The summed E-state index contributed by atoms with van der Waals surface area (Å²) in [6.45, 7) is 13.0. The van der Waals surface area contributed by atoms with Crippen LogP contribution in [0.5, 0.6) is 5.75 Å². The predicted molar refractivity (Wildman–Crippen MR) is 212 cm³/mol. The number of ether oxygens (including phenoxy) is 1. The fourth-order valence-corrected chi connectivity index (χ4v) is 10.2. The lowest BCUT2D eigenvalue weighted by molar-refractivity contribution is -0.136. The van der Waals surface area contributed by atoms with Crippen molar-refractivity contribution in [1.82, 2.24) is 20.0 Å². The first kappa shape index (κ1) is 37.3. The van der Waals surface area contributed by atoms with Gasteiger partial charge in [-0.3, -0.25) is 39.1 Å². The summed E-state index contributed by atoms with van der Waals surface area (Å²) in [5.74, 6) is -0.587. The fourth-order valence-electron chi connectivity index (χ4n) is 9.99. The highest BCUT2D eigenvalue weighted by molar-refractivity contribution is 6.33. The number of anilines is 1. The normalized spacial score (nSPS) is 25.2. The molecule has 1 saturated carbocycles. The van der Waals surface area contributed by atoms with E-state index in [1.165, 1.54) is 0 Å². The van der Waals surface area contributed by atoms with Gasteiger partial charge in [-0.25, -0.2) is 4.85 Å². The van der Waals surface area contributed by atoms with Crippen LogP contribution in [0.2, 0.25) is 5.02 Å². The molecular weight excluding hydrogens is 744 g/mol. The molecule has 0 radical (unpaired) electrons. The van der Waals surface area contributed by atoms with Crippen molar-refractivity contribution in [2.45, 2.75) is 83.0 Å². The third-order valence-electron chi connectivity index (χ3n) is 13.2. The van der Waals surface area contributed by atoms with Crippen LogP contribution >= 0.6 is 11.6 Å². The number of likely N-dealkylation sites (tertiary alicyclic amines) is 1. The average molecular weight is 789 g/mol. The number of amides is 5. The third kappa shape index (κ3) is 7.16. The Labute approximate surface area is 336 Å². The lowest BCUT2D eigenvalue weighted by Crippen LogP contribution is -2.54. The molecule has 1 spiro atoms. The summed E-state index contributed by atoms with van der Waals surface area (Å²) in [4.78, 5) is 75.6. The molecule has 3 aromatic rings. The fraction of sp³-hybridized carbons (Fsp3) is 0.455. The number of hydrogen-bond donors (Lipinski definition) is 1. The van der Waals surface area contributed by atoms with E-state index in [1.807, 2.05) is 35.2 Å². The van der Waals surface area contributed by atoms with Crippen LogP contribution in [0.25, 0.3) is 4.85 Å². The molecule has 6 aliphatic rings. The number of halogens is 1. The van der Waals surface area contributed by atoms with Gasteiger partial charge in [-0.1, -0.05) is 17.7 Å². The molecule has 1 N–H and O–H groups in total. The van der Waals surface area contributed by atoms with Crippen molar-refractivity contribution >= 4 is 52.5 Å². The predicted octanol–water partition coefficient (Wildman–Crippen LogP) is 6.38. The van der Waals surface area contributed by atoms with E-state index in [-0.39, 0.29) is 36.2 Å². The third-order valence-corrected chi connectivity index (χ3v) is 13.5. The standard InChI is InChI=1S/C44H45ClN6O6/c1-46-37-7-6-33(22-36(37)45)57-32-10-14-44(15-11-32)16-19-50(26-44)41(54)28-2-4-31(5-3-28)49-17-12-27(13-18-49)23-48-24-29-20-34-35(21-30(29)25-48)43(56)51(42(34)55)38-8-9-39(52)47-40(38)53/h2-7,20-22,27,32,38H,8-19,23-26H2,(H,47,52,53). The summed E-state index contributed by atoms with van der Waals surface area (Å²) in [5.41, 5.74) is 5.20. The van der Waals surface area contributed by atoms with E-state index in [0.717, 1.165) is 105 Å². The van der Waals surface area contributed by atoms with Crippen LogP contribution in [0.3, 0.4) is 0 Å². The van der Waals surface area contributed by atoms with Crippen molar-refractivity contribution in [3.05, 3.63) is 98.9 Å². The van der Waals surface area contributed by atoms with Gasteiger partial charge in [0.05, 0.1) is 28.8 Å². The summed E-state index contributed by atoms with van der Waals surface area (Å²) in [5, 5.41) is 2.66. The number of fused-ring (bicyclic) bond motifs is 2. The molecule has 9 rings (SSSR count). The van der Waals surface area contributed by atoms with Crippen LogP contribution in [-0.4, -0.2) is 89.1 Å². The number of imide groups is 2. The van der Waals surface area contributed by atoms with Gasteiger partial charge in [-0.05, 0) is 122 Å². The lowest BCUT2D eigenvalue weighted by atomic mass is 9.72. The summed E-state index contributed by atoms with van der Waals surface area (Å²) in [7, 11) is 0. The summed E-state index contributed by atoms with van der Waals surface area (Å²) < 4.78 is 6.22. The maximum atomic E-state index is 13.6. The maximum absolute atomic E-state index is 13.6. The molecule has 5 heterocycles. The van der Waals surface area contributed by atoms with E-state index in [0.29, 0.717) is 46.6 Å². The summed E-state index contributed by atoms with van der Waals surface area (Å²) >= 11 is 6.21. The molecule has 3 saturated heterocycles. The van der Waals surface area contributed by atoms with Gasteiger partial charge in [-0.15, -0.1) is 0 Å². The van der Waals surface area contributed by atoms with E-state index in [9.17, 15) is 24.0 Å². The van der Waals surface area contributed by atoms with E-state index in [1.54, 1.807) is 12.1 Å². The van der Waals surface area contributed by atoms with Crippen LogP contribution in [-0.2, 0) is 22.7 Å². The van der Waals surface area contributed by atoms with Gasteiger partial charge in [0.1, 0.15) is 11.8 Å². The Bertz CT molecular complexity index is 2160. The minimum atomic E-state index is -0.959. The van der Waals surface area contributed by atoms with Gasteiger partial charge < -0.3 is 14.5 Å².